The first-order valence-corrected chi connectivity index (χ1v) is 32.0. The van der Waals surface area contributed by atoms with Gasteiger partial charge in [-0.25, -0.2) is 0 Å². The molecule has 1 aromatic rings. The molecule has 32 heteroatoms. The molecule has 0 spiro atoms. The molecule has 2 fully saturated rings. The van der Waals surface area contributed by atoms with E-state index in [1.165, 1.54) is 0 Å². The van der Waals surface area contributed by atoms with E-state index in [1.54, 1.807) is 24.3 Å². The molecule has 2 aliphatic carbocycles. The molecule has 0 saturated heterocycles. The van der Waals surface area contributed by atoms with Crippen LogP contribution in [0.25, 0.3) is 0 Å². The van der Waals surface area contributed by atoms with Gasteiger partial charge < -0.3 is 111 Å². The number of amidine groups is 1. The van der Waals surface area contributed by atoms with Crippen molar-refractivity contribution >= 4 is 71.0 Å². The summed E-state index contributed by atoms with van der Waals surface area (Å²) in [6.45, 7) is 1.29. The number of nitrogens with one attached hydrogen (secondary N) is 8. The fourth-order valence-electron chi connectivity index (χ4n) is 10.7. The average Bonchev–Trinajstić information content (AvgIpc) is 1.48. The van der Waals surface area contributed by atoms with Crippen LogP contribution in [0.15, 0.2) is 39.2 Å². The molecular weight excluding hydrogens is 1170 g/mol. The second-order valence-electron chi connectivity index (χ2n) is 23.6. The molecule has 32 nitrogen and oxygen atoms in total. The zero-order valence-corrected chi connectivity index (χ0v) is 52.8. The molecule has 2 aliphatic rings. The molecule has 0 heterocycles. The van der Waals surface area contributed by atoms with Crippen LogP contribution in [0.3, 0.4) is 0 Å². The number of esters is 1. The van der Waals surface area contributed by atoms with Gasteiger partial charge >= 0.3 is 5.97 Å². The van der Waals surface area contributed by atoms with E-state index in [2.05, 4.69) is 52.2 Å². The molecule has 0 aromatic heterocycles. The summed E-state index contributed by atoms with van der Waals surface area (Å²) >= 11 is 0. The quantitative estimate of drug-likeness (QED) is 0.00975. The maximum Gasteiger partial charge on any atom is 0.314 e. The van der Waals surface area contributed by atoms with Crippen molar-refractivity contribution in [1.82, 2.24) is 37.2 Å². The number of ether oxygens (including phenoxy) is 1. The number of carbonyl (C=O) groups is 8. The monoisotopic (exact) mass is 1280 g/mol. The van der Waals surface area contributed by atoms with Crippen LogP contribution < -0.4 is 111 Å². The summed E-state index contributed by atoms with van der Waals surface area (Å²) in [6.07, 6.45) is 9.36. The van der Waals surface area contributed by atoms with Crippen LogP contribution in [0.1, 0.15) is 153 Å². The number of aliphatic imine (C=N–C) groups is 3. The maximum absolute atomic E-state index is 15.0. The van der Waals surface area contributed by atoms with E-state index >= 15 is 0 Å². The molecule has 7 amide bonds. The lowest BCUT2D eigenvalue weighted by atomic mass is 9.84. The standard InChI is InChI=1S/C59H107N23O9/c60-28-4-1-11-42(48(65)66)77-51(85)45(14-8-32-74-58(69)70)80-53(87)46(15-9-33-75-59(71)72)81-55(89)47(34-35-16-26-40(27-17-35)91-56(90)37-20-24-39(25-21-37)76-49(83)36-18-22-38(63)23-19-36)82-54(88)44(13-3-6-30-62)79-52(86)43(12-2-5-29-61)78-50(84)41(64)10-7-31-73-57(67)68/h16-17,26-27,36-39,41-47H,1-15,18-25,28-34,60-64H2,(H3,65,66)(H,76,83)(H,77,85)(H,78,84)(H,79,86)(H,80,87)(H,81,89)(H,82,88)(H4,67,68,73)(H4,69,70,74)(H4,71,72,75)/t36?,37?,38?,39?,41-,42-,43-,44-,45-,46-,47-/m0/s1. The SMILES string of the molecule is N=C(N)[C@H](CCCCN)NC(=O)[C@H](CCCN=C(N)N)NC(=O)[C@H](CCCN=C(N)N)NC(=O)[C@H](Cc1ccc(OC(=O)C2CCC(NC(=O)C3CCC(N)CC3)CC2)cc1)NC(=O)[C@H](CCCCN)NC(=O)[C@H](CCCCN)NC(=O)[C@@H](N)CCCN=C(N)N. The molecule has 32 N–H and O–H groups in total. The van der Waals surface area contributed by atoms with E-state index in [-0.39, 0.29) is 131 Å². The molecule has 2 saturated carbocycles. The summed E-state index contributed by atoms with van der Waals surface area (Å²) in [5.74, 6) is -6.00. The topological polar surface area (TPSA) is 603 Å². The number of hydrogen-bond acceptors (Lipinski definition) is 18. The summed E-state index contributed by atoms with van der Waals surface area (Å²) < 4.78 is 5.84. The summed E-state index contributed by atoms with van der Waals surface area (Å²) in [7, 11) is 0. The number of rotatable bonds is 43. The molecule has 3 rings (SSSR count). The first-order chi connectivity index (χ1) is 43.4. The Hall–Kier alpha value is -7.94. The molecule has 7 atom stereocenters. The summed E-state index contributed by atoms with van der Waals surface area (Å²) in [5, 5.41) is 27.9. The minimum atomic E-state index is -1.48. The third kappa shape index (κ3) is 31.1. The molecule has 1 aromatic carbocycles. The zero-order valence-electron chi connectivity index (χ0n) is 52.8. The Labute approximate surface area is 533 Å². The Morgan fingerprint density at radius 3 is 1.24 bits per heavy atom. The van der Waals surface area contributed by atoms with Crippen molar-refractivity contribution in [1.29, 1.82) is 5.41 Å². The predicted octanol–water partition coefficient (Wildman–Crippen LogP) is -3.95. The van der Waals surface area contributed by atoms with Gasteiger partial charge in [-0.1, -0.05) is 12.1 Å². The van der Waals surface area contributed by atoms with Gasteiger partial charge in [-0.15, -0.1) is 0 Å². The third-order valence-corrected chi connectivity index (χ3v) is 16.0. The number of carbonyl (C=O) groups excluding carboxylic acids is 8. The van der Waals surface area contributed by atoms with Gasteiger partial charge in [0.25, 0.3) is 0 Å². The highest BCUT2D eigenvalue weighted by Gasteiger charge is 2.35. The molecular formula is C59H107N23O9. The van der Waals surface area contributed by atoms with Gasteiger partial charge in [0.2, 0.25) is 41.4 Å². The van der Waals surface area contributed by atoms with E-state index in [1.807, 2.05) is 0 Å². The molecule has 0 aliphatic heterocycles. The molecule has 0 radical (unpaired) electrons. The molecule has 0 unspecified atom stereocenters. The van der Waals surface area contributed by atoms with Crippen LogP contribution in [0.5, 0.6) is 5.75 Å². The average molecular weight is 1280 g/mol. The van der Waals surface area contributed by atoms with Crippen LogP contribution in [0.2, 0.25) is 0 Å². The van der Waals surface area contributed by atoms with Crippen molar-refractivity contribution in [3.63, 3.8) is 0 Å². The normalized spacial score (nSPS) is 18.5. The number of hydrogen-bond donors (Lipinski definition) is 20. The highest BCUT2D eigenvalue weighted by atomic mass is 16.5. The van der Waals surface area contributed by atoms with Crippen molar-refractivity contribution in [2.24, 2.45) is 95.6 Å². The second-order valence-corrected chi connectivity index (χ2v) is 23.6. The van der Waals surface area contributed by atoms with Gasteiger partial charge in [0.15, 0.2) is 17.9 Å². The smallest absolute Gasteiger partial charge is 0.314 e. The van der Waals surface area contributed by atoms with Gasteiger partial charge in [-0.3, -0.25) is 58.7 Å². The fourth-order valence-corrected chi connectivity index (χ4v) is 10.7. The number of nitrogens with two attached hydrogens (primary N) is 12. The lowest BCUT2D eigenvalue weighted by molar-refractivity contribution is -0.140. The largest absolute Gasteiger partial charge is 0.426 e. The lowest BCUT2D eigenvalue weighted by Crippen LogP contribution is -2.60. The first kappa shape index (κ1) is 77.3. The maximum atomic E-state index is 15.0. The number of guanidine groups is 3. The Morgan fingerprint density at radius 2 is 0.824 bits per heavy atom. The predicted molar refractivity (Wildman–Crippen MR) is 350 cm³/mol. The Kier molecular flexibility index (Phi) is 36.5. The van der Waals surface area contributed by atoms with Crippen molar-refractivity contribution in [2.75, 3.05) is 39.3 Å². The van der Waals surface area contributed by atoms with Crippen LogP contribution in [0, 0.1) is 17.2 Å². The summed E-state index contributed by atoms with van der Waals surface area (Å²) in [6, 6.07) is -2.14. The molecule has 512 valence electrons. The van der Waals surface area contributed by atoms with Gasteiger partial charge in [-0.2, -0.15) is 0 Å². The molecule has 0 bridgehead atoms. The van der Waals surface area contributed by atoms with Crippen molar-refractivity contribution in [3.05, 3.63) is 29.8 Å². The van der Waals surface area contributed by atoms with Crippen molar-refractivity contribution in [2.45, 2.75) is 208 Å². The van der Waals surface area contributed by atoms with Crippen LogP contribution in [0.4, 0.5) is 0 Å². The Balaban J connectivity index is 2.01. The fraction of sp³-hybridized carbons (Fsp3) is 0.695. The second kappa shape index (κ2) is 42.9. The van der Waals surface area contributed by atoms with Crippen LogP contribution in [-0.4, -0.2) is 165 Å². The van der Waals surface area contributed by atoms with Crippen LogP contribution in [-0.2, 0) is 44.8 Å². The van der Waals surface area contributed by atoms with Gasteiger partial charge in [0.05, 0.1) is 18.0 Å². The Bertz CT molecular complexity index is 2530. The van der Waals surface area contributed by atoms with E-state index in [9.17, 15) is 38.4 Å². The number of nitrogens with zero attached hydrogens (tertiary/aromatic N) is 3. The lowest BCUT2D eigenvalue weighted by Gasteiger charge is -2.31. The minimum absolute atomic E-state index is 0.000407. The van der Waals surface area contributed by atoms with Crippen molar-refractivity contribution < 1.29 is 43.1 Å². The van der Waals surface area contributed by atoms with Crippen LogP contribution >= 0.6 is 0 Å². The van der Waals surface area contributed by atoms with E-state index in [0.717, 1.165) is 25.7 Å². The zero-order chi connectivity index (χ0) is 67.3. The Morgan fingerprint density at radius 1 is 0.462 bits per heavy atom. The van der Waals surface area contributed by atoms with E-state index in [4.69, 9.17) is 79.0 Å². The van der Waals surface area contributed by atoms with E-state index in [0.29, 0.717) is 95.7 Å². The number of amides is 7. The number of unbranched alkanes of at least 4 members (excludes halogenated alkanes) is 3. The first-order valence-electron chi connectivity index (χ1n) is 32.0. The van der Waals surface area contributed by atoms with Gasteiger partial charge in [-0.05, 0) is 185 Å². The minimum Gasteiger partial charge on any atom is -0.426 e. The summed E-state index contributed by atoms with van der Waals surface area (Å²) in [5.41, 5.74) is 69.2. The van der Waals surface area contributed by atoms with Gasteiger partial charge in [0.1, 0.15) is 41.8 Å². The number of benzene rings is 1. The van der Waals surface area contributed by atoms with Gasteiger partial charge in [0, 0.05) is 44.1 Å². The van der Waals surface area contributed by atoms with Crippen molar-refractivity contribution in [3.8, 4) is 5.75 Å². The summed E-state index contributed by atoms with van der Waals surface area (Å²) in [4.78, 5) is 125. The highest BCUT2D eigenvalue weighted by Crippen LogP contribution is 2.29. The van der Waals surface area contributed by atoms with E-state index < -0.39 is 89.6 Å². The highest BCUT2D eigenvalue weighted by molar-refractivity contribution is 5.97. The molecule has 91 heavy (non-hydrogen) atoms. The third-order valence-electron chi connectivity index (χ3n) is 16.0.